The first-order valence-electron chi connectivity index (χ1n) is 8.57. The number of carbonyl (C=O) groups is 1. The molecule has 152 valence electrons. The van der Waals surface area contributed by atoms with Gasteiger partial charge in [0.25, 0.3) is 0 Å². The molecule has 1 heterocycles. The van der Waals surface area contributed by atoms with Crippen molar-refractivity contribution in [1.82, 2.24) is 14.8 Å². The Balaban J connectivity index is 1.61. The lowest BCUT2D eigenvalue weighted by Crippen LogP contribution is -2.19. The Morgan fingerprint density at radius 2 is 1.83 bits per heavy atom. The van der Waals surface area contributed by atoms with Crippen molar-refractivity contribution in [2.24, 2.45) is 0 Å². The van der Waals surface area contributed by atoms with E-state index in [9.17, 15) is 18.0 Å². The van der Waals surface area contributed by atoms with Crippen molar-refractivity contribution in [3.8, 4) is 5.75 Å². The summed E-state index contributed by atoms with van der Waals surface area (Å²) in [6.45, 7) is -0.896. The van der Waals surface area contributed by atoms with Crippen LogP contribution in [0.2, 0.25) is 0 Å². The van der Waals surface area contributed by atoms with Gasteiger partial charge >= 0.3 is 6.18 Å². The molecule has 0 atom stereocenters. The van der Waals surface area contributed by atoms with Gasteiger partial charge in [-0.05, 0) is 42.0 Å². The molecule has 0 spiro atoms. The predicted octanol–water partition coefficient (Wildman–Crippen LogP) is 4.11. The maximum atomic E-state index is 12.3. The fourth-order valence-electron chi connectivity index (χ4n) is 2.56. The summed E-state index contributed by atoms with van der Waals surface area (Å²) in [6.07, 6.45) is -4.43. The summed E-state index contributed by atoms with van der Waals surface area (Å²) >= 11 is 5.24. The minimum absolute atomic E-state index is 0.0215. The zero-order chi connectivity index (χ0) is 20.9. The maximum absolute atomic E-state index is 12.3. The van der Waals surface area contributed by atoms with Crippen molar-refractivity contribution < 1.29 is 22.7 Å². The smallest absolute Gasteiger partial charge is 0.422 e. The molecule has 0 fully saturated rings. The minimum atomic E-state index is -4.41. The number of nitrogens with one attached hydrogen (secondary N) is 2. The monoisotopic (exact) mass is 422 g/mol. The summed E-state index contributed by atoms with van der Waals surface area (Å²) in [4.78, 5) is 12.3. The van der Waals surface area contributed by atoms with Crippen LogP contribution in [0.5, 0.6) is 5.75 Å². The average molecular weight is 422 g/mol. The molecule has 10 heteroatoms. The van der Waals surface area contributed by atoms with Gasteiger partial charge in [0.15, 0.2) is 11.4 Å². The highest BCUT2D eigenvalue weighted by Gasteiger charge is 2.28. The van der Waals surface area contributed by atoms with E-state index >= 15 is 0 Å². The minimum Gasteiger partial charge on any atom is -0.484 e. The zero-order valence-corrected chi connectivity index (χ0v) is 15.9. The highest BCUT2D eigenvalue weighted by atomic mass is 32.1. The van der Waals surface area contributed by atoms with Crippen LogP contribution in [0.25, 0.3) is 0 Å². The summed E-state index contributed by atoms with van der Waals surface area (Å²) in [5, 5.41) is 9.47. The van der Waals surface area contributed by atoms with E-state index in [1.807, 2.05) is 30.3 Å². The Morgan fingerprint density at radius 3 is 2.48 bits per heavy atom. The SMILES string of the molecule is O=C(Cc1n[nH]c(=S)n1Cc1ccccc1)Nc1ccc(OCC(F)(F)F)cc1. The molecule has 0 aliphatic heterocycles. The summed E-state index contributed by atoms with van der Waals surface area (Å²) in [6, 6.07) is 15.3. The van der Waals surface area contributed by atoms with Gasteiger partial charge in [0.2, 0.25) is 5.91 Å². The van der Waals surface area contributed by atoms with Gasteiger partial charge in [0.05, 0.1) is 13.0 Å². The normalized spacial score (nSPS) is 11.3. The molecule has 2 N–H and O–H groups in total. The van der Waals surface area contributed by atoms with Gasteiger partial charge in [-0.25, -0.2) is 0 Å². The van der Waals surface area contributed by atoms with Crippen LogP contribution in [0.15, 0.2) is 54.6 Å². The highest BCUT2D eigenvalue weighted by molar-refractivity contribution is 7.71. The van der Waals surface area contributed by atoms with Gasteiger partial charge in [-0.2, -0.15) is 18.3 Å². The van der Waals surface area contributed by atoms with Gasteiger partial charge < -0.3 is 10.1 Å². The van der Waals surface area contributed by atoms with Crippen LogP contribution in [0.4, 0.5) is 18.9 Å². The number of hydrogen-bond donors (Lipinski definition) is 2. The van der Waals surface area contributed by atoms with Crippen molar-refractivity contribution in [3.63, 3.8) is 0 Å². The van der Waals surface area contributed by atoms with Crippen molar-refractivity contribution in [2.45, 2.75) is 19.1 Å². The zero-order valence-electron chi connectivity index (χ0n) is 15.1. The van der Waals surface area contributed by atoms with Gasteiger partial charge in [0, 0.05) is 5.69 Å². The van der Waals surface area contributed by atoms with Crippen LogP contribution < -0.4 is 10.1 Å². The number of nitrogens with zero attached hydrogens (tertiary/aromatic N) is 2. The van der Waals surface area contributed by atoms with E-state index in [-0.39, 0.29) is 18.1 Å². The van der Waals surface area contributed by atoms with E-state index in [1.165, 1.54) is 24.3 Å². The molecule has 0 radical (unpaired) electrons. The third-order valence-electron chi connectivity index (χ3n) is 3.88. The molecule has 0 aliphatic rings. The van der Waals surface area contributed by atoms with Crippen molar-refractivity contribution in [3.05, 3.63) is 70.8 Å². The van der Waals surface area contributed by atoms with Crippen molar-refractivity contribution in [1.29, 1.82) is 0 Å². The van der Waals surface area contributed by atoms with E-state index < -0.39 is 12.8 Å². The van der Waals surface area contributed by atoms with E-state index in [2.05, 4.69) is 20.3 Å². The lowest BCUT2D eigenvalue weighted by molar-refractivity contribution is -0.153. The lowest BCUT2D eigenvalue weighted by atomic mass is 10.2. The molecule has 0 saturated carbocycles. The number of hydrogen-bond acceptors (Lipinski definition) is 4. The van der Waals surface area contributed by atoms with Crippen LogP contribution in [0.3, 0.4) is 0 Å². The molecular formula is C19H17F3N4O2S. The molecule has 3 rings (SSSR count). The van der Waals surface area contributed by atoms with Crippen LogP contribution >= 0.6 is 12.2 Å². The van der Waals surface area contributed by atoms with Crippen LogP contribution in [0, 0.1) is 4.77 Å². The van der Waals surface area contributed by atoms with E-state index in [1.54, 1.807) is 4.57 Å². The summed E-state index contributed by atoms with van der Waals surface area (Å²) < 4.78 is 43.3. The van der Waals surface area contributed by atoms with E-state index in [4.69, 9.17) is 12.2 Å². The number of aromatic amines is 1. The van der Waals surface area contributed by atoms with Gasteiger partial charge in [-0.3, -0.25) is 14.5 Å². The summed E-state index contributed by atoms with van der Waals surface area (Å²) in [5.74, 6) is 0.197. The van der Waals surface area contributed by atoms with Crippen LogP contribution in [0.1, 0.15) is 11.4 Å². The van der Waals surface area contributed by atoms with Gasteiger partial charge in [-0.1, -0.05) is 30.3 Å². The number of rotatable bonds is 7. The molecular weight excluding hydrogens is 405 g/mol. The fourth-order valence-corrected chi connectivity index (χ4v) is 2.78. The second-order valence-electron chi connectivity index (χ2n) is 6.17. The number of carbonyl (C=O) groups excluding carboxylic acids is 1. The van der Waals surface area contributed by atoms with E-state index in [0.717, 1.165) is 5.56 Å². The highest BCUT2D eigenvalue weighted by Crippen LogP contribution is 2.20. The number of aromatic nitrogens is 3. The summed E-state index contributed by atoms with van der Waals surface area (Å²) in [7, 11) is 0. The van der Waals surface area contributed by atoms with Gasteiger partial charge in [-0.15, -0.1) is 0 Å². The predicted molar refractivity (Wildman–Crippen MR) is 103 cm³/mol. The molecule has 0 unspecified atom stereocenters. The van der Waals surface area contributed by atoms with Gasteiger partial charge in [0.1, 0.15) is 11.6 Å². The van der Waals surface area contributed by atoms with Crippen LogP contribution in [-0.4, -0.2) is 33.5 Å². The van der Waals surface area contributed by atoms with Crippen molar-refractivity contribution in [2.75, 3.05) is 11.9 Å². The number of alkyl halides is 3. The number of halogens is 3. The fraction of sp³-hybridized carbons (Fsp3) is 0.211. The first-order valence-corrected chi connectivity index (χ1v) is 8.98. The number of benzene rings is 2. The first kappa shape index (κ1) is 20.6. The third-order valence-corrected chi connectivity index (χ3v) is 4.19. The quantitative estimate of drug-likeness (QED) is 0.562. The third kappa shape index (κ3) is 6.18. The molecule has 6 nitrogen and oxygen atoms in total. The Labute approximate surface area is 169 Å². The number of ether oxygens (including phenoxy) is 1. The number of anilines is 1. The standard InChI is InChI=1S/C19H17F3N4O2S/c20-19(21,22)12-28-15-8-6-14(7-9-15)23-17(27)10-16-24-25-18(29)26(16)11-13-4-2-1-3-5-13/h1-9H,10-12H2,(H,23,27)(H,25,29). The maximum Gasteiger partial charge on any atom is 0.422 e. The molecule has 0 aliphatic carbocycles. The molecule has 2 aromatic carbocycles. The second kappa shape index (κ2) is 8.91. The Hall–Kier alpha value is -3.14. The molecule has 0 bridgehead atoms. The largest absolute Gasteiger partial charge is 0.484 e. The molecule has 1 aromatic heterocycles. The molecule has 1 amide bonds. The molecule has 3 aromatic rings. The molecule has 0 saturated heterocycles. The molecule has 29 heavy (non-hydrogen) atoms. The average Bonchev–Trinajstić information content (AvgIpc) is 3.01. The number of H-pyrrole nitrogens is 1. The van der Waals surface area contributed by atoms with Crippen molar-refractivity contribution >= 4 is 23.8 Å². The first-order chi connectivity index (χ1) is 13.8. The Bertz CT molecular complexity index is 1010. The van der Waals surface area contributed by atoms with Crippen LogP contribution in [-0.2, 0) is 17.8 Å². The number of amides is 1. The topological polar surface area (TPSA) is 71.9 Å². The summed E-state index contributed by atoms with van der Waals surface area (Å²) in [5.41, 5.74) is 1.44. The lowest BCUT2D eigenvalue weighted by Gasteiger charge is -2.10. The Kier molecular flexibility index (Phi) is 6.32. The van der Waals surface area contributed by atoms with E-state index in [0.29, 0.717) is 22.8 Å². The second-order valence-corrected chi connectivity index (χ2v) is 6.56. The Morgan fingerprint density at radius 1 is 1.14 bits per heavy atom.